The first-order valence-corrected chi connectivity index (χ1v) is 4.07. The van der Waals surface area contributed by atoms with Gasteiger partial charge < -0.3 is 5.32 Å². The van der Waals surface area contributed by atoms with Crippen LogP contribution < -0.4 is 5.32 Å². The molecule has 1 aromatic rings. The smallest absolute Gasteiger partial charge is 0.0738 e. The van der Waals surface area contributed by atoms with Gasteiger partial charge in [0.1, 0.15) is 0 Å². The average molecular weight is 168 g/mol. The Labute approximate surface area is 73.0 Å². The van der Waals surface area contributed by atoms with Crippen molar-refractivity contribution in [1.82, 2.24) is 20.3 Å². The van der Waals surface area contributed by atoms with Crippen molar-refractivity contribution in [2.45, 2.75) is 32.9 Å². The van der Waals surface area contributed by atoms with Crippen molar-refractivity contribution in [1.29, 1.82) is 0 Å². The van der Waals surface area contributed by atoms with Crippen molar-refractivity contribution in [3.05, 3.63) is 11.9 Å². The van der Waals surface area contributed by atoms with Gasteiger partial charge in [0.2, 0.25) is 0 Å². The maximum Gasteiger partial charge on any atom is 0.0738 e. The van der Waals surface area contributed by atoms with E-state index in [0.29, 0.717) is 0 Å². The fourth-order valence-electron chi connectivity index (χ4n) is 0.827. The Kier molecular flexibility index (Phi) is 2.47. The first kappa shape index (κ1) is 9.19. The zero-order valence-electron chi connectivity index (χ0n) is 8.13. The van der Waals surface area contributed by atoms with Gasteiger partial charge in [0, 0.05) is 19.1 Å². The third-order valence-corrected chi connectivity index (χ3v) is 1.61. The quantitative estimate of drug-likeness (QED) is 0.707. The van der Waals surface area contributed by atoms with Gasteiger partial charge in [0.15, 0.2) is 0 Å². The summed E-state index contributed by atoms with van der Waals surface area (Å²) in [6.45, 7) is 7.22. The normalized spacial score (nSPS) is 12.0. The van der Waals surface area contributed by atoms with Gasteiger partial charge in [-0.2, -0.15) is 0 Å². The number of nitrogens with zero attached hydrogens (tertiary/aromatic N) is 3. The Morgan fingerprint density at radius 2 is 2.17 bits per heavy atom. The second-order valence-electron chi connectivity index (χ2n) is 3.95. The molecule has 0 saturated carbocycles. The minimum Gasteiger partial charge on any atom is -0.306 e. The summed E-state index contributed by atoms with van der Waals surface area (Å²) in [6.07, 6.45) is 1.78. The number of rotatable bonds is 2. The van der Waals surface area contributed by atoms with Crippen LogP contribution in [0, 0.1) is 0 Å². The summed E-state index contributed by atoms with van der Waals surface area (Å²) in [4.78, 5) is 0. The van der Waals surface area contributed by atoms with Gasteiger partial charge in [0.25, 0.3) is 0 Å². The van der Waals surface area contributed by atoms with Crippen molar-refractivity contribution < 1.29 is 0 Å². The third-order valence-electron chi connectivity index (χ3n) is 1.61. The Morgan fingerprint density at radius 3 is 2.58 bits per heavy atom. The topological polar surface area (TPSA) is 42.7 Å². The summed E-state index contributed by atoms with van der Waals surface area (Å²) in [7, 11) is 1.90. The summed E-state index contributed by atoms with van der Waals surface area (Å²) in [5, 5.41) is 11.0. The van der Waals surface area contributed by atoms with Gasteiger partial charge >= 0.3 is 0 Å². The fraction of sp³-hybridized carbons (Fsp3) is 0.750. The lowest BCUT2D eigenvalue weighted by Crippen LogP contribution is -2.35. The van der Waals surface area contributed by atoms with Gasteiger partial charge in [-0.25, -0.2) is 0 Å². The van der Waals surface area contributed by atoms with E-state index in [1.807, 2.05) is 7.05 Å². The molecule has 0 aliphatic carbocycles. The fourth-order valence-corrected chi connectivity index (χ4v) is 0.827. The largest absolute Gasteiger partial charge is 0.306 e. The SMILES string of the molecule is Cn1nncc1CNC(C)(C)C. The van der Waals surface area contributed by atoms with E-state index in [1.165, 1.54) is 0 Å². The van der Waals surface area contributed by atoms with E-state index < -0.39 is 0 Å². The molecule has 0 aliphatic heterocycles. The van der Waals surface area contributed by atoms with Crippen LogP contribution in [0.3, 0.4) is 0 Å². The summed E-state index contributed by atoms with van der Waals surface area (Å²) >= 11 is 0. The Bertz CT molecular complexity index is 246. The lowest BCUT2D eigenvalue weighted by molar-refractivity contribution is 0.416. The van der Waals surface area contributed by atoms with Crippen molar-refractivity contribution in [3.63, 3.8) is 0 Å². The van der Waals surface area contributed by atoms with E-state index in [2.05, 4.69) is 36.4 Å². The van der Waals surface area contributed by atoms with E-state index >= 15 is 0 Å². The minimum absolute atomic E-state index is 0.143. The molecule has 0 radical (unpaired) electrons. The molecule has 1 rings (SSSR count). The molecule has 0 unspecified atom stereocenters. The predicted octanol–water partition coefficient (Wildman–Crippen LogP) is 0.703. The molecule has 1 aromatic heterocycles. The number of hydrogen-bond donors (Lipinski definition) is 1. The van der Waals surface area contributed by atoms with Crippen molar-refractivity contribution in [2.75, 3.05) is 0 Å². The molecule has 0 aromatic carbocycles. The molecule has 0 saturated heterocycles. The molecular weight excluding hydrogens is 152 g/mol. The molecule has 12 heavy (non-hydrogen) atoms. The van der Waals surface area contributed by atoms with Crippen LogP contribution in [0.1, 0.15) is 26.5 Å². The third kappa shape index (κ3) is 2.62. The van der Waals surface area contributed by atoms with Gasteiger partial charge in [0.05, 0.1) is 11.9 Å². The Hall–Kier alpha value is -0.900. The maximum absolute atomic E-state index is 3.84. The zero-order valence-corrected chi connectivity index (χ0v) is 8.13. The molecule has 0 atom stereocenters. The van der Waals surface area contributed by atoms with Crippen LogP contribution in [0.25, 0.3) is 0 Å². The van der Waals surface area contributed by atoms with Crippen LogP contribution in [0.2, 0.25) is 0 Å². The second-order valence-corrected chi connectivity index (χ2v) is 3.95. The summed E-state index contributed by atoms with van der Waals surface area (Å²) in [5.74, 6) is 0. The lowest BCUT2D eigenvalue weighted by atomic mass is 10.1. The summed E-state index contributed by atoms with van der Waals surface area (Å²) < 4.78 is 1.78. The van der Waals surface area contributed by atoms with Gasteiger partial charge in [-0.05, 0) is 20.8 Å². The predicted molar refractivity (Wildman–Crippen MR) is 47.6 cm³/mol. The average Bonchev–Trinajstić information content (AvgIpc) is 2.29. The van der Waals surface area contributed by atoms with Gasteiger partial charge in [-0.1, -0.05) is 5.21 Å². The van der Waals surface area contributed by atoms with Crippen LogP contribution in [-0.4, -0.2) is 20.5 Å². The molecule has 1 heterocycles. The molecular formula is C8H16N4. The lowest BCUT2D eigenvalue weighted by Gasteiger charge is -2.19. The Morgan fingerprint density at radius 1 is 1.50 bits per heavy atom. The van der Waals surface area contributed by atoms with Crippen LogP contribution in [0.4, 0.5) is 0 Å². The molecule has 4 nitrogen and oxygen atoms in total. The van der Waals surface area contributed by atoms with Crippen LogP contribution in [0.5, 0.6) is 0 Å². The minimum atomic E-state index is 0.143. The first-order chi connectivity index (χ1) is 5.49. The molecule has 4 heteroatoms. The second kappa shape index (κ2) is 3.23. The van der Waals surface area contributed by atoms with Crippen LogP contribution in [-0.2, 0) is 13.6 Å². The number of hydrogen-bond acceptors (Lipinski definition) is 3. The van der Waals surface area contributed by atoms with E-state index in [0.717, 1.165) is 12.2 Å². The molecule has 0 fully saturated rings. The highest BCUT2D eigenvalue weighted by atomic mass is 15.4. The number of aryl methyl sites for hydroxylation is 1. The van der Waals surface area contributed by atoms with Crippen molar-refractivity contribution in [2.24, 2.45) is 7.05 Å². The molecule has 0 aliphatic rings. The molecule has 0 spiro atoms. The summed E-state index contributed by atoms with van der Waals surface area (Å²) in [6, 6.07) is 0. The van der Waals surface area contributed by atoms with E-state index in [1.54, 1.807) is 10.9 Å². The van der Waals surface area contributed by atoms with Gasteiger partial charge in [-0.3, -0.25) is 4.68 Å². The van der Waals surface area contributed by atoms with E-state index in [-0.39, 0.29) is 5.54 Å². The van der Waals surface area contributed by atoms with E-state index in [4.69, 9.17) is 0 Å². The Balaban J connectivity index is 2.49. The van der Waals surface area contributed by atoms with Crippen molar-refractivity contribution >= 4 is 0 Å². The molecule has 0 bridgehead atoms. The van der Waals surface area contributed by atoms with Crippen molar-refractivity contribution in [3.8, 4) is 0 Å². The highest BCUT2D eigenvalue weighted by Gasteiger charge is 2.09. The molecule has 1 N–H and O–H groups in total. The number of aromatic nitrogens is 3. The van der Waals surface area contributed by atoms with E-state index in [9.17, 15) is 0 Å². The zero-order chi connectivity index (χ0) is 9.19. The van der Waals surface area contributed by atoms with Crippen LogP contribution in [0.15, 0.2) is 6.20 Å². The summed E-state index contributed by atoms with van der Waals surface area (Å²) in [5.41, 5.74) is 1.24. The highest BCUT2D eigenvalue weighted by Crippen LogP contribution is 2.01. The highest BCUT2D eigenvalue weighted by molar-refractivity contribution is 4.93. The maximum atomic E-state index is 3.84. The monoisotopic (exact) mass is 168 g/mol. The van der Waals surface area contributed by atoms with Crippen LogP contribution >= 0.6 is 0 Å². The molecule has 68 valence electrons. The standard InChI is InChI=1S/C8H16N4/c1-8(2,3)9-5-7-6-10-11-12(7)4/h6,9H,5H2,1-4H3. The molecule has 0 amide bonds. The van der Waals surface area contributed by atoms with Gasteiger partial charge in [-0.15, -0.1) is 5.10 Å². The first-order valence-electron chi connectivity index (χ1n) is 4.07. The number of nitrogens with one attached hydrogen (secondary N) is 1.